The van der Waals surface area contributed by atoms with E-state index in [1.807, 2.05) is 80.7 Å². The number of rotatable bonds is 4. The lowest BCUT2D eigenvalue weighted by atomic mass is 10.1. The smallest absolute Gasteiger partial charge is 0.256 e. The van der Waals surface area contributed by atoms with Crippen molar-refractivity contribution < 1.29 is 4.79 Å². The molecule has 0 fully saturated rings. The van der Waals surface area contributed by atoms with E-state index in [-0.39, 0.29) is 5.91 Å². The van der Waals surface area contributed by atoms with Gasteiger partial charge in [-0.05, 0) is 44.0 Å². The normalized spacial score (nSPS) is 10.8. The van der Waals surface area contributed by atoms with E-state index in [4.69, 9.17) is 4.98 Å². The molecule has 1 N–H and O–H groups in total. The number of nitrogens with one attached hydrogen (secondary N) is 1. The third kappa shape index (κ3) is 3.59. The third-order valence-electron chi connectivity index (χ3n) is 4.59. The zero-order chi connectivity index (χ0) is 19.7. The highest BCUT2D eigenvalue weighted by molar-refractivity contribution is 7.12. The van der Waals surface area contributed by atoms with E-state index in [1.54, 1.807) is 4.68 Å². The van der Waals surface area contributed by atoms with E-state index in [1.165, 1.54) is 11.3 Å². The fourth-order valence-corrected chi connectivity index (χ4v) is 3.70. The molecular formula is C22H20N4OS. The average Bonchev–Trinajstić information content (AvgIpc) is 3.31. The number of hydrogen-bond acceptors (Lipinski definition) is 4. The van der Waals surface area contributed by atoms with Crippen molar-refractivity contribution >= 4 is 23.1 Å². The van der Waals surface area contributed by atoms with Gasteiger partial charge in [0, 0.05) is 22.6 Å². The van der Waals surface area contributed by atoms with Gasteiger partial charge < -0.3 is 5.32 Å². The predicted octanol–water partition coefficient (Wildman–Crippen LogP) is 5.17. The molecule has 5 nitrogen and oxygen atoms in total. The van der Waals surface area contributed by atoms with Gasteiger partial charge in [-0.25, -0.2) is 4.98 Å². The molecule has 140 valence electrons. The standard InChI is InChI=1S/C22H20N4OS/c1-14-9-10-18(11-15(14)2)21(27)24-20-12-16(3)25-26(20)22-23-19(13-28-22)17-7-5-4-6-8-17/h4-13H,1-3H3,(H,24,27). The molecule has 0 atom stereocenters. The molecule has 4 aromatic rings. The SMILES string of the molecule is Cc1cc(NC(=O)c2ccc(C)c(C)c2)n(-c2nc(-c3ccccc3)cs2)n1. The highest BCUT2D eigenvalue weighted by Gasteiger charge is 2.15. The van der Waals surface area contributed by atoms with Crippen molar-refractivity contribution in [2.75, 3.05) is 5.32 Å². The minimum Gasteiger partial charge on any atom is -0.306 e. The molecule has 0 aliphatic heterocycles. The molecule has 0 spiro atoms. The quantitative estimate of drug-likeness (QED) is 0.524. The Hall–Kier alpha value is -3.25. The minimum absolute atomic E-state index is 0.163. The molecule has 0 unspecified atom stereocenters. The van der Waals surface area contributed by atoms with Gasteiger partial charge in [-0.3, -0.25) is 4.79 Å². The molecule has 4 rings (SSSR count). The second-order valence-electron chi connectivity index (χ2n) is 6.72. The lowest BCUT2D eigenvalue weighted by molar-refractivity contribution is 0.102. The average molecular weight is 388 g/mol. The second kappa shape index (κ2) is 7.40. The van der Waals surface area contributed by atoms with E-state index < -0.39 is 0 Å². The molecule has 2 heterocycles. The Labute approximate surface area is 167 Å². The molecule has 2 aromatic heterocycles. The first-order valence-electron chi connectivity index (χ1n) is 8.98. The molecular weight excluding hydrogens is 368 g/mol. The summed E-state index contributed by atoms with van der Waals surface area (Å²) < 4.78 is 1.69. The first kappa shape index (κ1) is 18.1. The number of carbonyl (C=O) groups is 1. The number of nitrogens with zero attached hydrogens (tertiary/aromatic N) is 3. The maximum atomic E-state index is 12.7. The maximum absolute atomic E-state index is 12.7. The summed E-state index contributed by atoms with van der Waals surface area (Å²) in [5.74, 6) is 0.443. The molecule has 0 aliphatic carbocycles. The van der Waals surface area contributed by atoms with Gasteiger partial charge in [-0.1, -0.05) is 36.4 Å². The van der Waals surface area contributed by atoms with Crippen molar-refractivity contribution in [2.24, 2.45) is 0 Å². The monoisotopic (exact) mass is 388 g/mol. The number of anilines is 1. The van der Waals surface area contributed by atoms with E-state index in [0.717, 1.165) is 28.1 Å². The number of benzene rings is 2. The first-order valence-corrected chi connectivity index (χ1v) is 9.86. The predicted molar refractivity (Wildman–Crippen MR) is 113 cm³/mol. The van der Waals surface area contributed by atoms with Crippen molar-refractivity contribution in [3.05, 3.63) is 82.4 Å². The number of thiazole rings is 1. The second-order valence-corrected chi connectivity index (χ2v) is 7.55. The van der Waals surface area contributed by atoms with Crippen LogP contribution in [-0.2, 0) is 0 Å². The summed E-state index contributed by atoms with van der Waals surface area (Å²) in [5, 5.41) is 10.2. The van der Waals surface area contributed by atoms with Crippen LogP contribution in [0.2, 0.25) is 0 Å². The molecule has 28 heavy (non-hydrogen) atoms. The molecule has 0 radical (unpaired) electrons. The van der Waals surface area contributed by atoms with E-state index >= 15 is 0 Å². The summed E-state index contributed by atoms with van der Waals surface area (Å²) in [6.07, 6.45) is 0. The van der Waals surface area contributed by atoms with Crippen molar-refractivity contribution in [1.29, 1.82) is 0 Å². The van der Waals surface area contributed by atoms with Crippen molar-refractivity contribution in [2.45, 2.75) is 20.8 Å². The number of carbonyl (C=O) groups excluding carboxylic acids is 1. The molecule has 0 aliphatic rings. The van der Waals surface area contributed by atoms with E-state index in [0.29, 0.717) is 16.5 Å². The van der Waals surface area contributed by atoms with E-state index in [2.05, 4.69) is 10.4 Å². The highest BCUT2D eigenvalue weighted by Crippen LogP contribution is 2.26. The highest BCUT2D eigenvalue weighted by atomic mass is 32.1. The fraction of sp³-hybridized carbons (Fsp3) is 0.136. The summed E-state index contributed by atoms with van der Waals surface area (Å²) in [6, 6.07) is 17.5. The molecule has 0 saturated heterocycles. The van der Waals surface area contributed by atoms with Crippen LogP contribution in [0.1, 0.15) is 27.2 Å². The van der Waals surface area contributed by atoms with Gasteiger partial charge in [0.25, 0.3) is 5.91 Å². The van der Waals surface area contributed by atoms with E-state index in [9.17, 15) is 4.79 Å². The minimum atomic E-state index is -0.163. The fourth-order valence-electron chi connectivity index (χ4n) is 2.91. The van der Waals surface area contributed by atoms with Gasteiger partial charge in [0.1, 0.15) is 5.82 Å². The van der Waals surface area contributed by atoms with Crippen LogP contribution < -0.4 is 5.32 Å². The Kier molecular flexibility index (Phi) is 4.79. The molecule has 6 heteroatoms. The largest absolute Gasteiger partial charge is 0.306 e. The number of aromatic nitrogens is 3. The van der Waals surface area contributed by atoms with Crippen molar-refractivity contribution in [3.8, 4) is 16.4 Å². The topological polar surface area (TPSA) is 59.8 Å². The van der Waals surface area contributed by atoms with Gasteiger partial charge >= 0.3 is 0 Å². The summed E-state index contributed by atoms with van der Waals surface area (Å²) >= 11 is 1.49. The molecule has 0 saturated carbocycles. The zero-order valence-electron chi connectivity index (χ0n) is 15.9. The van der Waals surface area contributed by atoms with Gasteiger partial charge in [0.05, 0.1) is 11.4 Å². The van der Waals surface area contributed by atoms with Crippen molar-refractivity contribution in [1.82, 2.24) is 14.8 Å². The van der Waals surface area contributed by atoms with Crippen LogP contribution in [0.3, 0.4) is 0 Å². The van der Waals surface area contributed by atoms with Crippen LogP contribution in [0.25, 0.3) is 16.4 Å². The third-order valence-corrected chi connectivity index (χ3v) is 5.40. The molecule has 2 aromatic carbocycles. The Bertz CT molecular complexity index is 1140. The van der Waals surface area contributed by atoms with Crippen LogP contribution >= 0.6 is 11.3 Å². The Morgan fingerprint density at radius 3 is 2.54 bits per heavy atom. The van der Waals surface area contributed by atoms with Crippen LogP contribution in [0, 0.1) is 20.8 Å². The Morgan fingerprint density at radius 2 is 1.79 bits per heavy atom. The van der Waals surface area contributed by atoms with Gasteiger partial charge in [-0.15, -0.1) is 11.3 Å². The number of amides is 1. The molecule has 1 amide bonds. The van der Waals surface area contributed by atoms with Crippen molar-refractivity contribution in [3.63, 3.8) is 0 Å². The maximum Gasteiger partial charge on any atom is 0.256 e. The summed E-state index contributed by atoms with van der Waals surface area (Å²) in [4.78, 5) is 17.4. The zero-order valence-corrected chi connectivity index (χ0v) is 16.7. The van der Waals surface area contributed by atoms with Gasteiger partial charge in [0.2, 0.25) is 5.13 Å². The van der Waals surface area contributed by atoms with Gasteiger partial charge in [-0.2, -0.15) is 9.78 Å². The Morgan fingerprint density at radius 1 is 1.00 bits per heavy atom. The van der Waals surface area contributed by atoms with Crippen LogP contribution in [0.4, 0.5) is 5.82 Å². The lowest BCUT2D eigenvalue weighted by Crippen LogP contribution is -2.15. The number of hydrogen-bond donors (Lipinski definition) is 1. The Balaban J connectivity index is 1.63. The first-order chi connectivity index (χ1) is 13.5. The number of aryl methyl sites for hydroxylation is 3. The van der Waals surface area contributed by atoms with Gasteiger partial charge in [0.15, 0.2) is 0 Å². The van der Waals surface area contributed by atoms with Crippen LogP contribution in [0.5, 0.6) is 0 Å². The summed E-state index contributed by atoms with van der Waals surface area (Å²) in [6.45, 7) is 5.93. The van der Waals surface area contributed by atoms with Crippen LogP contribution in [-0.4, -0.2) is 20.7 Å². The van der Waals surface area contributed by atoms with Crippen LogP contribution in [0.15, 0.2) is 60.0 Å². The summed E-state index contributed by atoms with van der Waals surface area (Å²) in [7, 11) is 0. The molecule has 0 bridgehead atoms. The lowest BCUT2D eigenvalue weighted by Gasteiger charge is -2.08. The summed E-state index contributed by atoms with van der Waals surface area (Å²) in [5.41, 5.74) is 5.62.